The second-order valence-corrected chi connectivity index (χ2v) is 4.23. The summed E-state index contributed by atoms with van der Waals surface area (Å²) in [7, 11) is 6.11. The fourth-order valence-corrected chi connectivity index (χ4v) is 1.31. The molecule has 1 aromatic rings. The molecule has 4 heteroatoms. The zero-order valence-corrected chi connectivity index (χ0v) is 10.3. The van der Waals surface area contributed by atoms with Crippen LogP contribution in [0.5, 0.6) is 6.01 Å². The first kappa shape index (κ1) is 12.0. The van der Waals surface area contributed by atoms with Crippen LogP contribution in [0.4, 0.5) is 0 Å². The molecule has 0 saturated heterocycles. The van der Waals surface area contributed by atoms with Gasteiger partial charge in [-0.15, -0.1) is 0 Å². The zero-order valence-electron chi connectivity index (χ0n) is 10.3. The maximum absolute atomic E-state index is 5.60. The highest BCUT2D eigenvalue weighted by atomic mass is 16.5. The van der Waals surface area contributed by atoms with Gasteiger partial charge in [-0.3, -0.25) is 0 Å². The van der Waals surface area contributed by atoms with Crippen LogP contribution in [-0.2, 0) is 7.05 Å². The topological polar surface area (TPSA) is 30.3 Å². The van der Waals surface area contributed by atoms with Crippen molar-refractivity contribution in [3.63, 3.8) is 0 Å². The molecule has 1 heterocycles. The van der Waals surface area contributed by atoms with Gasteiger partial charge in [-0.2, -0.15) is 0 Å². The number of hydrogen-bond acceptors (Lipinski definition) is 3. The highest BCUT2D eigenvalue weighted by Crippen LogP contribution is 2.09. The van der Waals surface area contributed by atoms with E-state index in [1.54, 1.807) is 0 Å². The third-order valence-corrected chi connectivity index (χ3v) is 2.60. The van der Waals surface area contributed by atoms with Crippen LogP contribution in [0.25, 0.3) is 0 Å². The minimum atomic E-state index is 0.534. The molecule has 1 unspecified atom stereocenters. The molecule has 0 aromatic carbocycles. The molecule has 0 spiro atoms. The molecule has 1 aromatic heterocycles. The van der Waals surface area contributed by atoms with E-state index in [1.807, 2.05) is 24.7 Å². The first-order chi connectivity index (χ1) is 7.00. The summed E-state index contributed by atoms with van der Waals surface area (Å²) in [6, 6.07) is 1.24. The molecule has 0 amide bonds. The molecule has 0 aliphatic rings. The molecule has 1 atom stereocenters. The van der Waals surface area contributed by atoms with E-state index < -0.39 is 0 Å². The number of aryl methyl sites for hydroxylation is 2. The van der Waals surface area contributed by atoms with Crippen molar-refractivity contribution < 1.29 is 4.74 Å². The summed E-state index contributed by atoms with van der Waals surface area (Å²) >= 11 is 0. The van der Waals surface area contributed by atoms with Crippen LogP contribution >= 0.6 is 0 Å². The van der Waals surface area contributed by atoms with E-state index >= 15 is 0 Å². The molecule has 0 saturated carbocycles. The Morgan fingerprint density at radius 1 is 1.53 bits per heavy atom. The van der Waals surface area contributed by atoms with Gasteiger partial charge in [0.05, 0.1) is 12.3 Å². The Kier molecular flexibility index (Phi) is 4.15. The summed E-state index contributed by atoms with van der Waals surface area (Å²) in [4.78, 5) is 6.47. The molecule has 15 heavy (non-hydrogen) atoms. The predicted molar refractivity (Wildman–Crippen MR) is 61.2 cm³/mol. The van der Waals surface area contributed by atoms with Gasteiger partial charge in [0.1, 0.15) is 0 Å². The van der Waals surface area contributed by atoms with Crippen LogP contribution in [0.2, 0.25) is 0 Å². The molecule has 1 rings (SSSR count). The first-order valence-electron chi connectivity index (χ1n) is 5.30. The highest BCUT2D eigenvalue weighted by Gasteiger charge is 2.06. The van der Waals surface area contributed by atoms with Crippen molar-refractivity contribution in [2.45, 2.75) is 26.3 Å². The lowest BCUT2D eigenvalue weighted by molar-refractivity contribution is 0.219. The van der Waals surface area contributed by atoms with Gasteiger partial charge in [0, 0.05) is 19.3 Å². The van der Waals surface area contributed by atoms with Crippen molar-refractivity contribution in [2.75, 3.05) is 20.7 Å². The Balaban J connectivity index is 2.35. The number of aromatic nitrogens is 2. The fraction of sp³-hybridized carbons (Fsp3) is 0.727. The molecule has 0 fully saturated rings. The van der Waals surface area contributed by atoms with Gasteiger partial charge >= 0.3 is 0 Å². The molecule has 86 valence electrons. The number of ether oxygens (including phenoxy) is 1. The van der Waals surface area contributed by atoms with E-state index in [9.17, 15) is 0 Å². The third-order valence-electron chi connectivity index (χ3n) is 2.60. The van der Waals surface area contributed by atoms with Crippen LogP contribution in [0.1, 0.15) is 19.0 Å². The molecular weight excluding hydrogens is 190 g/mol. The van der Waals surface area contributed by atoms with Crippen molar-refractivity contribution in [3.05, 3.63) is 11.9 Å². The van der Waals surface area contributed by atoms with Crippen molar-refractivity contribution in [1.82, 2.24) is 14.5 Å². The average molecular weight is 211 g/mol. The molecule has 0 aliphatic carbocycles. The van der Waals surface area contributed by atoms with Crippen molar-refractivity contribution in [2.24, 2.45) is 7.05 Å². The second kappa shape index (κ2) is 5.16. The Morgan fingerprint density at radius 2 is 2.20 bits per heavy atom. The summed E-state index contributed by atoms with van der Waals surface area (Å²) in [5.41, 5.74) is 0.994. The number of hydrogen-bond donors (Lipinski definition) is 0. The summed E-state index contributed by atoms with van der Waals surface area (Å²) in [5.74, 6) is 0. The predicted octanol–water partition coefficient (Wildman–Crippen LogP) is 1.45. The Hall–Kier alpha value is -1.03. The lowest BCUT2D eigenvalue weighted by Gasteiger charge is -2.19. The standard InChI is InChI=1S/C11H21N3O/c1-9-8-14(5)11(12-9)15-7-6-10(2)13(3)4/h8,10H,6-7H2,1-5H3. The second-order valence-electron chi connectivity index (χ2n) is 4.23. The maximum Gasteiger partial charge on any atom is 0.296 e. The van der Waals surface area contributed by atoms with Gasteiger partial charge in [-0.05, 0) is 34.4 Å². The number of imidazole rings is 1. The average Bonchev–Trinajstić information content (AvgIpc) is 2.45. The van der Waals surface area contributed by atoms with Gasteiger partial charge in [0.2, 0.25) is 0 Å². The van der Waals surface area contributed by atoms with Crippen molar-refractivity contribution in [1.29, 1.82) is 0 Å². The van der Waals surface area contributed by atoms with E-state index in [0.29, 0.717) is 18.7 Å². The summed E-state index contributed by atoms with van der Waals surface area (Å²) in [6.45, 7) is 4.87. The van der Waals surface area contributed by atoms with E-state index in [1.165, 1.54) is 0 Å². The minimum absolute atomic E-state index is 0.534. The molecule has 0 aliphatic heterocycles. The Bertz CT molecular complexity index is 307. The quantitative estimate of drug-likeness (QED) is 0.738. The SMILES string of the molecule is Cc1cn(C)c(OCCC(C)N(C)C)n1. The van der Waals surface area contributed by atoms with Crippen LogP contribution in [0, 0.1) is 6.92 Å². The van der Waals surface area contributed by atoms with E-state index in [4.69, 9.17) is 4.74 Å². The number of rotatable bonds is 5. The summed E-state index contributed by atoms with van der Waals surface area (Å²) in [5, 5.41) is 0. The number of nitrogens with zero attached hydrogens (tertiary/aromatic N) is 3. The lowest BCUT2D eigenvalue weighted by Crippen LogP contribution is -2.26. The molecule has 0 radical (unpaired) electrons. The van der Waals surface area contributed by atoms with Gasteiger partial charge in [0.15, 0.2) is 0 Å². The monoisotopic (exact) mass is 211 g/mol. The maximum atomic E-state index is 5.60. The van der Waals surface area contributed by atoms with Crippen molar-refractivity contribution >= 4 is 0 Å². The summed E-state index contributed by atoms with van der Waals surface area (Å²) < 4.78 is 7.52. The van der Waals surface area contributed by atoms with Gasteiger partial charge in [0.25, 0.3) is 6.01 Å². The normalized spacial score (nSPS) is 13.2. The zero-order chi connectivity index (χ0) is 11.4. The Labute approximate surface area is 91.9 Å². The van der Waals surface area contributed by atoms with Gasteiger partial charge in [-0.25, -0.2) is 4.98 Å². The van der Waals surface area contributed by atoms with E-state index in [0.717, 1.165) is 12.1 Å². The first-order valence-corrected chi connectivity index (χ1v) is 5.30. The van der Waals surface area contributed by atoms with Crippen LogP contribution in [-0.4, -0.2) is 41.2 Å². The van der Waals surface area contributed by atoms with E-state index in [2.05, 4.69) is 30.9 Å². The fourth-order valence-electron chi connectivity index (χ4n) is 1.31. The molecule has 0 N–H and O–H groups in total. The largest absolute Gasteiger partial charge is 0.465 e. The third kappa shape index (κ3) is 3.55. The molecular formula is C11H21N3O. The van der Waals surface area contributed by atoms with Crippen LogP contribution in [0.3, 0.4) is 0 Å². The molecule has 0 bridgehead atoms. The Morgan fingerprint density at radius 3 is 2.67 bits per heavy atom. The van der Waals surface area contributed by atoms with Gasteiger partial charge in [-0.1, -0.05) is 0 Å². The summed E-state index contributed by atoms with van der Waals surface area (Å²) in [6.07, 6.45) is 2.98. The smallest absolute Gasteiger partial charge is 0.296 e. The van der Waals surface area contributed by atoms with Crippen LogP contribution in [0.15, 0.2) is 6.20 Å². The highest BCUT2D eigenvalue weighted by molar-refractivity contribution is 5.05. The van der Waals surface area contributed by atoms with Crippen molar-refractivity contribution in [3.8, 4) is 6.01 Å². The lowest BCUT2D eigenvalue weighted by atomic mass is 10.2. The minimum Gasteiger partial charge on any atom is -0.465 e. The van der Waals surface area contributed by atoms with E-state index in [-0.39, 0.29) is 0 Å². The van der Waals surface area contributed by atoms with Crippen LogP contribution < -0.4 is 4.74 Å². The molecule has 4 nitrogen and oxygen atoms in total. The van der Waals surface area contributed by atoms with Gasteiger partial charge < -0.3 is 14.2 Å².